The lowest BCUT2D eigenvalue weighted by molar-refractivity contribution is 0.0175. The first-order chi connectivity index (χ1) is 13.4. The highest BCUT2D eigenvalue weighted by Crippen LogP contribution is 2.33. The summed E-state index contributed by atoms with van der Waals surface area (Å²) in [6.45, 7) is 2.53. The topological polar surface area (TPSA) is 41.6 Å². The maximum atomic E-state index is 13.4. The van der Waals surface area contributed by atoms with Crippen LogP contribution in [-0.2, 0) is 12.5 Å². The number of benzene rings is 2. The summed E-state index contributed by atoms with van der Waals surface area (Å²) in [7, 11) is 0. The second kappa shape index (κ2) is 7.11. The van der Waals surface area contributed by atoms with Crippen molar-refractivity contribution in [1.29, 1.82) is 0 Å². The molecule has 0 bridgehead atoms. The highest BCUT2D eigenvalue weighted by molar-refractivity contribution is 5.75. The van der Waals surface area contributed by atoms with E-state index >= 15 is 0 Å². The number of alkyl halides is 2. The molecule has 0 aromatic heterocycles. The Kier molecular flexibility index (Phi) is 4.63. The van der Waals surface area contributed by atoms with Crippen molar-refractivity contribution in [2.24, 2.45) is 0 Å². The Bertz CT molecular complexity index is 959. The minimum absolute atomic E-state index is 0.0161. The van der Waals surface area contributed by atoms with E-state index < -0.39 is 5.92 Å². The molecule has 0 fully saturated rings. The minimum Gasteiger partial charge on any atom is -0.410 e. The van der Waals surface area contributed by atoms with Gasteiger partial charge in [-0.05, 0) is 41.1 Å². The van der Waals surface area contributed by atoms with E-state index in [-0.39, 0.29) is 11.7 Å². The molecule has 2 aromatic rings. The second-order valence-corrected chi connectivity index (χ2v) is 7.03. The molecule has 0 unspecified atom stereocenters. The molecule has 2 heterocycles. The summed E-state index contributed by atoms with van der Waals surface area (Å²) in [6.07, 6.45) is 5.46. The summed E-state index contributed by atoms with van der Waals surface area (Å²) in [5.41, 5.74) is 3.65. The van der Waals surface area contributed by atoms with Crippen molar-refractivity contribution in [2.45, 2.75) is 19.4 Å². The van der Waals surface area contributed by atoms with E-state index in [1.165, 1.54) is 12.1 Å². The molecule has 1 amide bonds. The van der Waals surface area contributed by atoms with Crippen LogP contribution in [-0.4, -0.2) is 24.1 Å². The Hall–Kier alpha value is -3.15. The summed E-state index contributed by atoms with van der Waals surface area (Å²) < 4.78 is 32.3. The van der Waals surface area contributed by atoms with Gasteiger partial charge in [0.1, 0.15) is 5.75 Å². The number of carbonyl (C=O) groups is 1. The molecule has 0 spiro atoms. The lowest BCUT2D eigenvalue weighted by atomic mass is 9.99. The number of nitrogens with zero attached hydrogens (tertiary/aromatic N) is 1. The molecule has 0 saturated carbocycles. The van der Waals surface area contributed by atoms with E-state index in [0.29, 0.717) is 18.8 Å². The van der Waals surface area contributed by atoms with Gasteiger partial charge in [0.2, 0.25) is 0 Å². The van der Waals surface area contributed by atoms with Crippen LogP contribution in [0.25, 0.3) is 11.1 Å². The molecular formula is C22H20F2N2O2. The predicted octanol–water partition coefficient (Wildman–Crippen LogP) is 4.82. The van der Waals surface area contributed by atoms with E-state index in [1.54, 1.807) is 23.1 Å². The van der Waals surface area contributed by atoms with Crippen molar-refractivity contribution in [3.8, 4) is 16.9 Å². The standard InChI is InChI=1S/C22H20F2N2O2/c1-22(23,24)19-5-2-16(3-6-19)17-4-7-20-18(12-17)14-26(21(27)28-20)13-15-8-10-25-11-9-15/h2-10,12,25H,11,13-14H2,1H3. The van der Waals surface area contributed by atoms with Crippen LogP contribution in [0.5, 0.6) is 5.75 Å². The van der Waals surface area contributed by atoms with Gasteiger partial charge < -0.3 is 10.1 Å². The van der Waals surface area contributed by atoms with Crippen molar-refractivity contribution in [3.63, 3.8) is 0 Å². The minimum atomic E-state index is -2.86. The molecule has 2 aromatic carbocycles. The fraction of sp³-hybridized carbons (Fsp3) is 0.227. The molecule has 144 valence electrons. The Balaban J connectivity index is 1.56. The molecule has 1 N–H and O–H groups in total. The van der Waals surface area contributed by atoms with Crippen LogP contribution < -0.4 is 10.1 Å². The molecule has 6 heteroatoms. The van der Waals surface area contributed by atoms with Crippen molar-refractivity contribution >= 4 is 6.09 Å². The molecule has 0 radical (unpaired) electrons. The molecule has 0 saturated heterocycles. The predicted molar refractivity (Wildman–Crippen MR) is 103 cm³/mol. The van der Waals surface area contributed by atoms with E-state index in [2.05, 4.69) is 5.32 Å². The van der Waals surface area contributed by atoms with E-state index in [1.807, 2.05) is 30.5 Å². The van der Waals surface area contributed by atoms with Crippen LogP contribution in [0.3, 0.4) is 0 Å². The fourth-order valence-electron chi connectivity index (χ4n) is 3.32. The summed E-state index contributed by atoms with van der Waals surface area (Å²) >= 11 is 0. The number of carbonyl (C=O) groups excluding carboxylic acids is 1. The first kappa shape index (κ1) is 18.2. The van der Waals surface area contributed by atoms with Gasteiger partial charge in [0.25, 0.3) is 5.92 Å². The SMILES string of the molecule is CC(F)(F)c1ccc(-c2ccc3c(c2)CN(CC2=CCNC=C2)C(=O)O3)cc1. The van der Waals surface area contributed by atoms with Gasteiger partial charge in [-0.25, -0.2) is 13.6 Å². The molecule has 0 atom stereocenters. The van der Waals surface area contributed by atoms with Crippen LogP contribution in [0.4, 0.5) is 13.6 Å². The number of hydrogen-bond acceptors (Lipinski definition) is 3. The number of fused-ring (bicyclic) bond motifs is 1. The quantitative estimate of drug-likeness (QED) is 0.824. The Morgan fingerprint density at radius 3 is 2.57 bits per heavy atom. The highest BCUT2D eigenvalue weighted by Gasteiger charge is 2.26. The molecular weight excluding hydrogens is 362 g/mol. The number of hydrogen-bond donors (Lipinski definition) is 1. The van der Waals surface area contributed by atoms with Gasteiger partial charge in [0.05, 0.1) is 6.54 Å². The van der Waals surface area contributed by atoms with Crippen LogP contribution in [0.15, 0.2) is 66.4 Å². The first-order valence-electron chi connectivity index (χ1n) is 9.07. The van der Waals surface area contributed by atoms with Crippen LogP contribution in [0.2, 0.25) is 0 Å². The van der Waals surface area contributed by atoms with Gasteiger partial charge in [0.15, 0.2) is 0 Å². The zero-order chi connectivity index (χ0) is 19.7. The third kappa shape index (κ3) is 3.76. The van der Waals surface area contributed by atoms with Crippen molar-refractivity contribution in [2.75, 3.05) is 13.1 Å². The van der Waals surface area contributed by atoms with E-state index in [4.69, 9.17) is 4.74 Å². The molecule has 28 heavy (non-hydrogen) atoms. The lowest BCUT2D eigenvalue weighted by Crippen LogP contribution is -2.38. The van der Waals surface area contributed by atoms with Crippen molar-refractivity contribution < 1.29 is 18.3 Å². The van der Waals surface area contributed by atoms with Gasteiger partial charge in [0, 0.05) is 31.1 Å². The Labute approximate surface area is 162 Å². The number of amides is 1. The highest BCUT2D eigenvalue weighted by atomic mass is 19.3. The summed E-state index contributed by atoms with van der Waals surface area (Å²) in [5.74, 6) is -2.32. The second-order valence-electron chi connectivity index (χ2n) is 7.03. The molecule has 4 rings (SSSR count). The number of halogens is 2. The molecule has 2 aliphatic rings. The fourth-order valence-corrected chi connectivity index (χ4v) is 3.32. The number of ether oxygens (including phenoxy) is 1. The van der Waals surface area contributed by atoms with Gasteiger partial charge in [-0.1, -0.05) is 36.4 Å². The smallest absolute Gasteiger partial charge is 0.410 e. The van der Waals surface area contributed by atoms with E-state index in [9.17, 15) is 13.6 Å². The summed E-state index contributed by atoms with van der Waals surface area (Å²) in [4.78, 5) is 13.9. The maximum absolute atomic E-state index is 13.4. The van der Waals surface area contributed by atoms with Crippen molar-refractivity contribution in [3.05, 3.63) is 77.5 Å². The lowest BCUT2D eigenvalue weighted by Gasteiger charge is -2.29. The average molecular weight is 382 g/mol. The van der Waals surface area contributed by atoms with Gasteiger partial charge >= 0.3 is 6.09 Å². The Morgan fingerprint density at radius 1 is 1.14 bits per heavy atom. The third-order valence-corrected chi connectivity index (χ3v) is 4.87. The van der Waals surface area contributed by atoms with Crippen molar-refractivity contribution in [1.82, 2.24) is 10.2 Å². The van der Waals surface area contributed by atoms with Crippen LogP contribution in [0.1, 0.15) is 18.1 Å². The monoisotopic (exact) mass is 382 g/mol. The summed E-state index contributed by atoms with van der Waals surface area (Å²) in [6, 6.07) is 11.8. The van der Waals surface area contributed by atoms with Gasteiger partial charge in [-0.3, -0.25) is 4.90 Å². The zero-order valence-electron chi connectivity index (χ0n) is 15.4. The van der Waals surface area contributed by atoms with Gasteiger partial charge in [-0.2, -0.15) is 0 Å². The van der Waals surface area contributed by atoms with Crippen LogP contribution >= 0.6 is 0 Å². The molecule has 2 aliphatic heterocycles. The first-order valence-corrected chi connectivity index (χ1v) is 9.07. The summed E-state index contributed by atoms with van der Waals surface area (Å²) in [5, 5.41) is 3.08. The maximum Gasteiger partial charge on any atom is 0.415 e. The largest absolute Gasteiger partial charge is 0.415 e. The third-order valence-electron chi connectivity index (χ3n) is 4.87. The number of dihydropyridines is 1. The molecule has 0 aliphatic carbocycles. The Morgan fingerprint density at radius 2 is 1.89 bits per heavy atom. The normalized spacial score (nSPS) is 16.2. The average Bonchev–Trinajstić information content (AvgIpc) is 2.68. The zero-order valence-corrected chi connectivity index (χ0v) is 15.4. The van der Waals surface area contributed by atoms with Crippen LogP contribution in [0, 0.1) is 0 Å². The number of rotatable bonds is 4. The van der Waals surface area contributed by atoms with E-state index in [0.717, 1.165) is 35.7 Å². The van der Waals surface area contributed by atoms with Gasteiger partial charge in [-0.15, -0.1) is 0 Å². The number of nitrogens with one attached hydrogen (secondary N) is 1. The molecule has 4 nitrogen and oxygen atoms in total.